The van der Waals surface area contributed by atoms with E-state index in [4.69, 9.17) is 0 Å². The molecule has 0 spiro atoms. The summed E-state index contributed by atoms with van der Waals surface area (Å²) in [7, 11) is 0. The Balaban J connectivity index is 2.34. The van der Waals surface area contributed by atoms with Gasteiger partial charge in [-0.2, -0.15) is 5.10 Å². The van der Waals surface area contributed by atoms with Crippen LogP contribution in [0.5, 0.6) is 0 Å². The van der Waals surface area contributed by atoms with E-state index >= 15 is 0 Å². The molecule has 1 heterocycles. The SMILES string of the molecule is CCCNC(CC)c1cccc(-n2nc(C)c(Br)c2C)c1. The zero-order valence-electron chi connectivity index (χ0n) is 13.3. The molecule has 2 aromatic rings. The first-order valence-electron chi connectivity index (χ1n) is 7.63. The lowest BCUT2D eigenvalue weighted by molar-refractivity contribution is 0.518. The lowest BCUT2D eigenvalue weighted by Crippen LogP contribution is -2.21. The van der Waals surface area contributed by atoms with Crippen molar-refractivity contribution >= 4 is 15.9 Å². The summed E-state index contributed by atoms with van der Waals surface area (Å²) in [5, 5.41) is 8.22. The molecule has 0 aliphatic rings. The Morgan fingerprint density at radius 2 is 2.05 bits per heavy atom. The van der Waals surface area contributed by atoms with Crippen LogP contribution in [0, 0.1) is 13.8 Å². The molecule has 0 saturated carbocycles. The van der Waals surface area contributed by atoms with Gasteiger partial charge >= 0.3 is 0 Å². The predicted octanol–water partition coefficient (Wildman–Crippen LogP) is 4.70. The predicted molar refractivity (Wildman–Crippen MR) is 92.1 cm³/mol. The highest BCUT2D eigenvalue weighted by Gasteiger charge is 2.13. The highest BCUT2D eigenvalue weighted by Crippen LogP contribution is 2.25. The quantitative estimate of drug-likeness (QED) is 0.818. The van der Waals surface area contributed by atoms with Gasteiger partial charge in [0.1, 0.15) is 0 Å². The topological polar surface area (TPSA) is 29.9 Å². The van der Waals surface area contributed by atoms with Crippen molar-refractivity contribution in [1.29, 1.82) is 0 Å². The molecule has 0 radical (unpaired) electrons. The number of aromatic nitrogens is 2. The maximum atomic E-state index is 4.62. The number of benzene rings is 1. The minimum absolute atomic E-state index is 0.408. The van der Waals surface area contributed by atoms with E-state index in [2.05, 4.69) is 71.4 Å². The van der Waals surface area contributed by atoms with Crippen LogP contribution in [0.3, 0.4) is 0 Å². The lowest BCUT2D eigenvalue weighted by Gasteiger charge is -2.18. The Bertz CT molecular complexity index is 604. The van der Waals surface area contributed by atoms with E-state index in [1.54, 1.807) is 0 Å². The molecule has 4 heteroatoms. The van der Waals surface area contributed by atoms with Gasteiger partial charge in [0.15, 0.2) is 0 Å². The maximum absolute atomic E-state index is 4.62. The van der Waals surface area contributed by atoms with E-state index in [0.717, 1.165) is 40.9 Å². The summed E-state index contributed by atoms with van der Waals surface area (Å²) < 4.78 is 3.10. The number of hydrogen-bond acceptors (Lipinski definition) is 2. The van der Waals surface area contributed by atoms with Crippen LogP contribution in [0.2, 0.25) is 0 Å². The van der Waals surface area contributed by atoms with Crippen molar-refractivity contribution in [2.75, 3.05) is 6.54 Å². The van der Waals surface area contributed by atoms with Gasteiger partial charge in [-0.25, -0.2) is 4.68 Å². The Morgan fingerprint density at radius 3 is 2.62 bits per heavy atom. The summed E-state index contributed by atoms with van der Waals surface area (Å²) in [6.07, 6.45) is 2.24. The van der Waals surface area contributed by atoms with Crippen LogP contribution >= 0.6 is 15.9 Å². The van der Waals surface area contributed by atoms with Gasteiger partial charge in [-0.05, 0) is 66.9 Å². The van der Waals surface area contributed by atoms with Gasteiger partial charge < -0.3 is 5.32 Å². The number of nitrogens with one attached hydrogen (secondary N) is 1. The van der Waals surface area contributed by atoms with Crippen molar-refractivity contribution in [3.05, 3.63) is 45.7 Å². The third-order valence-electron chi connectivity index (χ3n) is 3.77. The van der Waals surface area contributed by atoms with Crippen LogP contribution in [0.4, 0.5) is 0 Å². The van der Waals surface area contributed by atoms with Gasteiger partial charge in [0.25, 0.3) is 0 Å². The average Bonchev–Trinajstić information content (AvgIpc) is 2.76. The molecule has 0 aliphatic heterocycles. The molecule has 0 amide bonds. The molecular formula is C17H24BrN3. The molecule has 1 N–H and O–H groups in total. The summed E-state index contributed by atoms with van der Waals surface area (Å²) in [5.41, 5.74) is 4.61. The molecule has 1 aromatic heterocycles. The maximum Gasteiger partial charge on any atom is 0.0743 e. The van der Waals surface area contributed by atoms with Crippen LogP contribution in [0.25, 0.3) is 5.69 Å². The van der Waals surface area contributed by atoms with Gasteiger partial charge in [-0.15, -0.1) is 0 Å². The van der Waals surface area contributed by atoms with Crippen LogP contribution in [-0.2, 0) is 0 Å². The van der Waals surface area contributed by atoms with E-state index in [9.17, 15) is 0 Å². The van der Waals surface area contributed by atoms with Crippen molar-refractivity contribution in [2.24, 2.45) is 0 Å². The summed E-state index contributed by atoms with van der Waals surface area (Å²) in [6, 6.07) is 9.07. The second kappa shape index (κ2) is 7.23. The van der Waals surface area contributed by atoms with E-state index in [1.165, 1.54) is 5.56 Å². The zero-order chi connectivity index (χ0) is 15.4. The fourth-order valence-corrected chi connectivity index (χ4v) is 2.81. The van der Waals surface area contributed by atoms with Gasteiger partial charge in [0.2, 0.25) is 0 Å². The van der Waals surface area contributed by atoms with E-state index in [1.807, 2.05) is 11.6 Å². The molecule has 0 aliphatic carbocycles. The van der Waals surface area contributed by atoms with Crippen molar-refractivity contribution in [1.82, 2.24) is 15.1 Å². The average molecular weight is 350 g/mol. The third-order valence-corrected chi connectivity index (χ3v) is 4.92. The van der Waals surface area contributed by atoms with Crippen LogP contribution in [0.15, 0.2) is 28.7 Å². The van der Waals surface area contributed by atoms with Crippen molar-refractivity contribution in [3.8, 4) is 5.69 Å². The molecule has 2 rings (SSSR count). The molecule has 1 aromatic carbocycles. The Labute approximate surface area is 135 Å². The number of nitrogens with zero attached hydrogens (tertiary/aromatic N) is 2. The third kappa shape index (κ3) is 3.55. The van der Waals surface area contributed by atoms with Crippen LogP contribution in [-0.4, -0.2) is 16.3 Å². The van der Waals surface area contributed by atoms with Crippen LogP contribution in [0.1, 0.15) is 49.7 Å². The number of aryl methyl sites for hydroxylation is 1. The smallest absolute Gasteiger partial charge is 0.0743 e. The molecule has 21 heavy (non-hydrogen) atoms. The number of hydrogen-bond donors (Lipinski definition) is 1. The first-order valence-corrected chi connectivity index (χ1v) is 8.43. The highest BCUT2D eigenvalue weighted by atomic mass is 79.9. The van der Waals surface area contributed by atoms with Gasteiger partial charge in [0, 0.05) is 6.04 Å². The van der Waals surface area contributed by atoms with Gasteiger partial charge in [0.05, 0.1) is 21.5 Å². The van der Waals surface area contributed by atoms with Crippen molar-refractivity contribution in [2.45, 2.75) is 46.6 Å². The molecule has 1 atom stereocenters. The lowest BCUT2D eigenvalue weighted by atomic mass is 10.0. The molecule has 0 fully saturated rings. The molecule has 0 saturated heterocycles. The molecule has 114 valence electrons. The van der Waals surface area contributed by atoms with Crippen molar-refractivity contribution in [3.63, 3.8) is 0 Å². The minimum Gasteiger partial charge on any atom is -0.310 e. The summed E-state index contributed by atoms with van der Waals surface area (Å²) >= 11 is 3.60. The molecule has 3 nitrogen and oxygen atoms in total. The Kier molecular flexibility index (Phi) is 5.59. The fraction of sp³-hybridized carbons (Fsp3) is 0.471. The Hall–Kier alpha value is -1.13. The number of rotatable bonds is 6. The molecular weight excluding hydrogens is 326 g/mol. The zero-order valence-corrected chi connectivity index (χ0v) is 14.9. The summed E-state index contributed by atoms with van der Waals surface area (Å²) in [5.74, 6) is 0. The first-order chi connectivity index (χ1) is 10.1. The highest BCUT2D eigenvalue weighted by molar-refractivity contribution is 9.10. The van der Waals surface area contributed by atoms with Crippen molar-refractivity contribution < 1.29 is 0 Å². The molecule has 1 unspecified atom stereocenters. The second-order valence-electron chi connectivity index (χ2n) is 5.41. The normalized spacial score (nSPS) is 12.6. The number of halogens is 1. The van der Waals surface area contributed by atoms with Gasteiger partial charge in [-0.1, -0.05) is 26.0 Å². The second-order valence-corrected chi connectivity index (χ2v) is 6.20. The largest absolute Gasteiger partial charge is 0.310 e. The standard InChI is InChI=1S/C17H24BrN3/c1-5-10-19-16(6-2)14-8-7-9-15(11-14)21-13(4)17(18)12(3)20-21/h7-9,11,16,19H,5-6,10H2,1-4H3. The summed E-state index contributed by atoms with van der Waals surface area (Å²) in [4.78, 5) is 0. The molecule has 0 bridgehead atoms. The monoisotopic (exact) mass is 349 g/mol. The fourth-order valence-electron chi connectivity index (χ4n) is 2.56. The summed E-state index contributed by atoms with van der Waals surface area (Å²) in [6.45, 7) is 9.58. The van der Waals surface area contributed by atoms with E-state index in [0.29, 0.717) is 6.04 Å². The van der Waals surface area contributed by atoms with E-state index in [-0.39, 0.29) is 0 Å². The van der Waals surface area contributed by atoms with Gasteiger partial charge in [-0.3, -0.25) is 0 Å². The van der Waals surface area contributed by atoms with E-state index < -0.39 is 0 Å². The van der Waals surface area contributed by atoms with Crippen LogP contribution < -0.4 is 5.32 Å². The first kappa shape index (κ1) is 16.2. The Morgan fingerprint density at radius 1 is 1.29 bits per heavy atom. The minimum atomic E-state index is 0.408.